The van der Waals surface area contributed by atoms with Crippen molar-refractivity contribution in [3.8, 4) is 0 Å². The summed E-state index contributed by atoms with van der Waals surface area (Å²) in [7, 11) is 0. The second-order valence-electron chi connectivity index (χ2n) is 4.75. The summed E-state index contributed by atoms with van der Waals surface area (Å²) in [5.41, 5.74) is 2.33. The van der Waals surface area contributed by atoms with Gasteiger partial charge in [-0.25, -0.2) is 4.98 Å². The molecule has 3 heteroatoms. The molecule has 1 aromatic rings. The van der Waals surface area contributed by atoms with E-state index in [4.69, 9.17) is 16.6 Å². The zero-order chi connectivity index (χ0) is 13.5. The van der Waals surface area contributed by atoms with Crippen molar-refractivity contribution < 1.29 is 0 Å². The van der Waals surface area contributed by atoms with Crippen LogP contribution >= 0.6 is 11.6 Å². The molecular weight excluding hydrogens is 244 g/mol. The molecule has 0 N–H and O–H groups in total. The molecule has 1 rings (SSSR count). The number of aryl methyl sites for hydroxylation is 1. The number of anilines is 1. The van der Waals surface area contributed by atoms with E-state index >= 15 is 0 Å². The maximum Gasteiger partial charge on any atom is 0.129 e. The molecule has 0 saturated carbocycles. The van der Waals surface area contributed by atoms with Gasteiger partial charge in [-0.15, -0.1) is 11.6 Å². The first kappa shape index (κ1) is 15.3. The minimum absolute atomic E-state index is 0.516. The van der Waals surface area contributed by atoms with Crippen molar-refractivity contribution in [3.05, 3.63) is 23.4 Å². The highest BCUT2D eigenvalue weighted by molar-refractivity contribution is 6.17. The first-order chi connectivity index (χ1) is 8.65. The van der Waals surface area contributed by atoms with Gasteiger partial charge >= 0.3 is 0 Å². The lowest BCUT2D eigenvalue weighted by atomic mass is 10.1. The van der Waals surface area contributed by atoms with Crippen molar-refractivity contribution in [1.29, 1.82) is 0 Å². The number of hydrogen-bond acceptors (Lipinski definition) is 2. The Morgan fingerprint density at radius 3 is 2.50 bits per heavy atom. The molecule has 0 fully saturated rings. The molecule has 0 bridgehead atoms. The fourth-order valence-electron chi connectivity index (χ4n) is 2.16. The summed E-state index contributed by atoms with van der Waals surface area (Å²) in [6.07, 6.45) is 3.27. The zero-order valence-electron chi connectivity index (χ0n) is 12.0. The van der Waals surface area contributed by atoms with Crippen LogP contribution in [0.25, 0.3) is 0 Å². The predicted octanol–water partition coefficient (Wildman–Crippen LogP) is 4.40. The first-order valence-corrected chi connectivity index (χ1v) is 7.52. The molecule has 0 saturated heterocycles. The Bertz CT molecular complexity index is 366. The van der Waals surface area contributed by atoms with Crippen molar-refractivity contribution in [3.63, 3.8) is 0 Å². The normalized spacial score (nSPS) is 12.5. The molecule has 1 unspecified atom stereocenters. The van der Waals surface area contributed by atoms with Gasteiger partial charge in [-0.1, -0.05) is 20.3 Å². The van der Waals surface area contributed by atoms with E-state index in [9.17, 15) is 0 Å². The van der Waals surface area contributed by atoms with E-state index in [0.29, 0.717) is 11.9 Å². The summed E-state index contributed by atoms with van der Waals surface area (Å²) < 4.78 is 0. The number of nitrogens with zero attached hydrogens (tertiary/aromatic N) is 2. The standard InChI is InChI=1S/C15H25ClN2/c1-5-8-14-9-13(11-16)10-15(17-14)18(7-3)12(4)6-2/h9-10,12H,5-8,11H2,1-4H3. The molecule has 0 aliphatic rings. The van der Waals surface area contributed by atoms with Crippen LogP contribution in [0, 0.1) is 0 Å². The summed E-state index contributed by atoms with van der Waals surface area (Å²) in [5.74, 6) is 1.64. The van der Waals surface area contributed by atoms with Gasteiger partial charge in [0, 0.05) is 24.2 Å². The Kier molecular flexibility index (Phi) is 6.48. The molecule has 0 amide bonds. The van der Waals surface area contributed by atoms with Crippen LogP contribution in [-0.4, -0.2) is 17.6 Å². The third kappa shape index (κ3) is 3.88. The molecule has 0 aromatic carbocycles. The van der Waals surface area contributed by atoms with Gasteiger partial charge in [0.05, 0.1) is 0 Å². The number of pyridine rings is 1. The SMILES string of the molecule is CCCc1cc(CCl)cc(N(CC)C(C)CC)n1. The van der Waals surface area contributed by atoms with Gasteiger partial charge in [0.25, 0.3) is 0 Å². The molecule has 2 nitrogen and oxygen atoms in total. The lowest BCUT2D eigenvalue weighted by Gasteiger charge is -2.29. The minimum atomic E-state index is 0.516. The summed E-state index contributed by atoms with van der Waals surface area (Å²) >= 11 is 5.99. The Hall–Kier alpha value is -0.760. The van der Waals surface area contributed by atoms with Crippen LogP contribution < -0.4 is 4.90 Å². The number of halogens is 1. The number of rotatable bonds is 7. The lowest BCUT2D eigenvalue weighted by molar-refractivity contribution is 0.621. The monoisotopic (exact) mass is 268 g/mol. The maximum absolute atomic E-state index is 5.99. The van der Waals surface area contributed by atoms with Gasteiger partial charge in [0.15, 0.2) is 0 Å². The Balaban J connectivity index is 3.08. The van der Waals surface area contributed by atoms with E-state index in [1.54, 1.807) is 0 Å². The van der Waals surface area contributed by atoms with Crippen LogP contribution in [0.5, 0.6) is 0 Å². The fraction of sp³-hybridized carbons (Fsp3) is 0.667. The quantitative estimate of drug-likeness (QED) is 0.682. The van der Waals surface area contributed by atoms with Gasteiger partial charge in [-0.05, 0) is 44.4 Å². The van der Waals surface area contributed by atoms with Crippen molar-refractivity contribution in [2.24, 2.45) is 0 Å². The predicted molar refractivity (Wildman–Crippen MR) is 80.6 cm³/mol. The average Bonchev–Trinajstić information content (AvgIpc) is 2.39. The molecule has 18 heavy (non-hydrogen) atoms. The van der Waals surface area contributed by atoms with Crippen LogP contribution in [-0.2, 0) is 12.3 Å². The van der Waals surface area contributed by atoms with Crippen LogP contribution in [0.2, 0.25) is 0 Å². The molecule has 0 aliphatic carbocycles. The largest absolute Gasteiger partial charge is 0.354 e. The third-order valence-electron chi connectivity index (χ3n) is 3.34. The fourth-order valence-corrected chi connectivity index (χ4v) is 2.32. The van der Waals surface area contributed by atoms with Crippen LogP contribution in [0.3, 0.4) is 0 Å². The molecule has 0 radical (unpaired) electrons. The maximum atomic E-state index is 5.99. The van der Waals surface area contributed by atoms with E-state index < -0.39 is 0 Å². The highest BCUT2D eigenvalue weighted by atomic mass is 35.5. The van der Waals surface area contributed by atoms with Crippen LogP contribution in [0.1, 0.15) is 51.8 Å². The van der Waals surface area contributed by atoms with Gasteiger partial charge < -0.3 is 4.90 Å². The third-order valence-corrected chi connectivity index (χ3v) is 3.65. The Morgan fingerprint density at radius 1 is 1.28 bits per heavy atom. The van der Waals surface area contributed by atoms with Crippen molar-refractivity contribution in [2.75, 3.05) is 11.4 Å². The van der Waals surface area contributed by atoms with Crippen molar-refractivity contribution in [1.82, 2.24) is 4.98 Å². The van der Waals surface area contributed by atoms with E-state index in [0.717, 1.165) is 37.3 Å². The van der Waals surface area contributed by atoms with E-state index in [2.05, 4.69) is 44.7 Å². The summed E-state index contributed by atoms with van der Waals surface area (Å²) in [6.45, 7) is 9.81. The van der Waals surface area contributed by atoms with Gasteiger partial charge in [0.2, 0.25) is 0 Å². The second kappa shape index (κ2) is 7.63. The number of alkyl halides is 1. The highest BCUT2D eigenvalue weighted by Gasteiger charge is 2.13. The van der Waals surface area contributed by atoms with E-state index in [-0.39, 0.29) is 0 Å². The number of aromatic nitrogens is 1. The Labute approximate surface area is 116 Å². The molecule has 1 heterocycles. The van der Waals surface area contributed by atoms with Crippen LogP contribution in [0.4, 0.5) is 5.82 Å². The van der Waals surface area contributed by atoms with E-state index in [1.165, 1.54) is 5.56 Å². The van der Waals surface area contributed by atoms with Gasteiger partial charge in [-0.3, -0.25) is 0 Å². The summed E-state index contributed by atoms with van der Waals surface area (Å²) in [6, 6.07) is 4.77. The highest BCUT2D eigenvalue weighted by Crippen LogP contribution is 2.20. The molecule has 0 aliphatic heterocycles. The van der Waals surface area contributed by atoms with Gasteiger partial charge in [0.1, 0.15) is 5.82 Å². The molecule has 1 aromatic heterocycles. The molecule has 102 valence electrons. The minimum Gasteiger partial charge on any atom is -0.354 e. The lowest BCUT2D eigenvalue weighted by Crippen LogP contribution is -2.33. The van der Waals surface area contributed by atoms with Crippen molar-refractivity contribution >= 4 is 17.4 Å². The first-order valence-electron chi connectivity index (χ1n) is 6.98. The second-order valence-corrected chi connectivity index (χ2v) is 5.02. The summed E-state index contributed by atoms with van der Waals surface area (Å²) in [4.78, 5) is 7.13. The zero-order valence-corrected chi connectivity index (χ0v) is 12.8. The Morgan fingerprint density at radius 2 is 2.00 bits per heavy atom. The van der Waals surface area contributed by atoms with Crippen LogP contribution in [0.15, 0.2) is 12.1 Å². The van der Waals surface area contributed by atoms with Crippen molar-refractivity contribution in [2.45, 2.75) is 58.9 Å². The smallest absolute Gasteiger partial charge is 0.129 e. The molecule has 0 spiro atoms. The average molecular weight is 269 g/mol. The molecular formula is C15H25ClN2. The number of hydrogen-bond donors (Lipinski definition) is 0. The summed E-state index contributed by atoms with van der Waals surface area (Å²) in [5, 5.41) is 0. The van der Waals surface area contributed by atoms with E-state index in [1.807, 2.05) is 0 Å². The molecule has 1 atom stereocenters. The van der Waals surface area contributed by atoms with Gasteiger partial charge in [-0.2, -0.15) is 0 Å². The topological polar surface area (TPSA) is 16.1 Å².